The molecular weight excluding hydrogens is 356 g/mol. The first-order valence-corrected chi connectivity index (χ1v) is 10.9. The van der Waals surface area contributed by atoms with Crippen molar-refractivity contribution in [2.24, 2.45) is 5.92 Å². The summed E-state index contributed by atoms with van der Waals surface area (Å²) in [6.07, 6.45) is 5.76. The topological polar surface area (TPSA) is 92.7 Å². The van der Waals surface area contributed by atoms with Gasteiger partial charge in [-0.05, 0) is 32.6 Å². The van der Waals surface area contributed by atoms with Crippen LogP contribution in [-0.4, -0.2) is 72.0 Å². The molecule has 0 bridgehead atoms. The third-order valence-electron chi connectivity index (χ3n) is 5.00. The number of sulfonamides is 1. The number of carbonyl (C=O) groups excluding carboxylic acids is 1. The maximum absolute atomic E-state index is 12.8. The Kier molecular flexibility index (Phi) is 5.76. The fourth-order valence-corrected chi connectivity index (χ4v) is 4.47. The molecule has 0 spiro atoms. The Morgan fingerprint density at radius 3 is 2.62 bits per heavy atom. The van der Waals surface area contributed by atoms with Crippen molar-refractivity contribution in [1.82, 2.24) is 19.2 Å². The summed E-state index contributed by atoms with van der Waals surface area (Å²) < 4.78 is 30.6. The first kappa shape index (κ1) is 19.0. The fraction of sp³-hybridized carbons (Fsp3) is 0.706. The summed E-state index contributed by atoms with van der Waals surface area (Å²) in [6.45, 7) is 3.93. The molecule has 0 radical (unpaired) electrons. The van der Waals surface area contributed by atoms with Gasteiger partial charge in [-0.25, -0.2) is 17.7 Å². The van der Waals surface area contributed by atoms with Crippen LogP contribution in [0.15, 0.2) is 12.3 Å². The quantitative estimate of drug-likeness (QED) is 0.766. The highest BCUT2D eigenvalue weighted by Gasteiger charge is 2.33. The van der Waals surface area contributed by atoms with Gasteiger partial charge in [0.05, 0.1) is 12.8 Å². The number of hydrogen-bond donors (Lipinski definition) is 0. The second kappa shape index (κ2) is 7.87. The van der Waals surface area contributed by atoms with Crippen LogP contribution in [-0.2, 0) is 14.8 Å². The highest BCUT2D eigenvalue weighted by Crippen LogP contribution is 2.24. The van der Waals surface area contributed by atoms with Crippen LogP contribution in [0.4, 0.5) is 0 Å². The smallest absolute Gasteiger partial charge is 0.225 e. The third-order valence-corrected chi connectivity index (χ3v) is 6.30. The van der Waals surface area contributed by atoms with Crippen LogP contribution in [0.1, 0.15) is 31.5 Å². The molecule has 1 aromatic heterocycles. The van der Waals surface area contributed by atoms with Gasteiger partial charge in [0.25, 0.3) is 0 Å². The van der Waals surface area contributed by atoms with Crippen LogP contribution >= 0.6 is 0 Å². The lowest BCUT2D eigenvalue weighted by Gasteiger charge is -2.37. The molecule has 2 aliphatic rings. The minimum atomic E-state index is -3.17. The van der Waals surface area contributed by atoms with Crippen LogP contribution in [0.25, 0.3) is 0 Å². The number of likely N-dealkylation sites (tertiary alicyclic amines) is 1. The molecule has 3 rings (SSSR count). The van der Waals surface area contributed by atoms with E-state index in [1.165, 1.54) is 10.6 Å². The van der Waals surface area contributed by atoms with Gasteiger partial charge >= 0.3 is 0 Å². The van der Waals surface area contributed by atoms with Gasteiger partial charge in [0.2, 0.25) is 21.8 Å². The van der Waals surface area contributed by atoms with Gasteiger partial charge in [0, 0.05) is 37.8 Å². The van der Waals surface area contributed by atoms with E-state index in [2.05, 4.69) is 9.97 Å². The predicted molar refractivity (Wildman–Crippen MR) is 96.1 cm³/mol. The Balaban J connectivity index is 1.55. The molecule has 1 atom stereocenters. The largest absolute Gasteiger partial charge is 0.472 e. The second-order valence-corrected chi connectivity index (χ2v) is 9.03. The second-order valence-electron chi connectivity index (χ2n) is 7.04. The Bertz CT molecular complexity index is 747. The minimum absolute atomic E-state index is 0.0712. The Morgan fingerprint density at radius 2 is 1.96 bits per heavy atom. The molecule has 144 valence electrons. The number of nitrogens with zero attached hydrogens (tertiary/aromatic N) is 4. The number of aromatic nitrogens is 2. The molecule has 8 nitrogen and oxygen atoms in total. The van der Waals surface area contributed by atoms with Crippen molar-refractivity contribution in [2.45, 2.75) is 38.7 Å². The number of amides is 1. The highest BCUT2D eigenvalue weighted by molar-refractivity contribution is 7.88. The van der Waals surface area contributed by atoms with Crippen LogP contribution in [0.3, 0.4) is 0 Å². The summed E-state index contributed by atoms with van der Waals surface area (Å²) >= 11 is 0. The molecule has 1 unspecified atom stereocenters. The van der Waals surface area contributed by atoms with E-state index in [0.717, 1.165) is 19.4 Å². The zero-order chi connectivity index (χ0) is 18.7. The summed E-state index contributed by atoms with van der Waals surface area (Å²) in [5.74, 6) is 1.21. The molecule has 2 fully saturated rings. The van der Waals surface area contributed by atoms with Gasteiger partial charge in [0.15, 0.2) is 0 Å². The predicted octanol–water partition coefficient (Wildman–Crippen LogP) is 0.826. The highest BCUT2D eigenvalue weighted by atomic mass is 32.2. The van der Waals surface area contributed by atoms with Gasteiger partial charge < -0.3 is 9.64 Å². The van der Waals surface area contributed by atoms with Crippen molar-refractivity contribution < 1.29 is 17.9 Å². The van der Waals surface area contributed by atoms with Gasteiger partial charge in [-0.2, -0.15) is 4.98 Å². The van der Waals surface area contributed by atoms with E-state index in [1.807, 2.05) is 11.8 Å². The molecular formula is C17H26N4O4S. The van der Waals surface area contributed by atoms with Crippen LogP contribution in [0, 0.1) is 12.8 Å². The summed E-state index contributed by atoms with van der Waals surface area (Å²) in [4.78, 5) is 23.0. The van der Waals surface area contributed by atoms with Crippen LogP contribution < -0.4 is 4.74 Å². The molecule has 0 N–H and O–H groups in total. The monoisotopic (exact) mass is 382 g/mol. The van der Waals surface area contributed by atoms with Crippen molar-refractivity contribution in [3.05, 3.63) is 18.1 Å². The standard InChI is InChI=1S/C17H26N4O4S/c1-13-18-8-5-16(19-13)25-15-4-3-9-20(12-15)17(22)14-6-10-21(11-7-14)26(2,23)24/h5,8,14-15H,3-4,6-7,9-12H2,1-2H3. The average molecular weight is 382 g/mol. The van der Waals surface area contributed by atoms with E-state index in [-0.39, 0.29) is 17.9 Å². The summed E-state index contributed by atoms with van der Waals surface area (Å²) in [6, 6.07) is 1.73. The van der Waals surface area contributed by atoms with E-state index in [4.69, 9.17) is 4.74 Å². The lowest BCUT2D eigenvalue weighted by molar-refractivity contribution is -0.139. The van der Waals surface area contributed by atoms with E-state index in [1.54, 1.807) is 12.3 Å². The number of aryl methyl sites for hydroxylation is 1. The minimum Gasteiger partial charge on any atom is -0.472 e. The fourth-order valence-electron chi connectivity index (χ4n) is 3.60. The molecule has 0 aliphatic carbocycles. The van der Waals surface area contributed by atoms with Crippen molar-refractivity contribution in [2.75, 3.05) is 32.4 Å². The van der Waals surface area contributed by atoms with Crippen LogP contribution in [0.5, 0.6) is 5.88 Å². The molecule has 1 amide bonds. The zero-order valence-electron chi connectivity index (χ0n) is 15.3. The molecule has 9 heteroatoms. The number of ether oxygens (including phenoxy) is 1. The molecule has 2 aliphatic heterocycles. The summed E-state index contributed by atoms with van der Waals surface area (Å²) in [5, 5.41) is 0. The third kappa shape index (κ3) is 4.70. The molecule has 3 heterocycles. The molecule has 0 aromatic carbocycles. The van der Waals surface area contributed by atoms with Gasteiger partial charge in [-0.3, -0.25) is 4.79 Å². The van der Waals surface area contributed by atoms with Gasteiger partial charge in [-0.1, -0.05) is 0 Å². The first-order valence-electron chi connectivity index (χ1n) is 9.03. The average Bonchev–Trinajstić information content (AvgIpc) is 2.61. The van der Waals surface area contributed by atoms with Gasteiger partial charge in [-0.15, -0.1) is 0 Å². The molecule has 26 heavy (non-hydrogen) atoms. The van der Waals surface area contributed by atoms with E-state index < -0.39 is 10.0 Å². The SMILES string of the molecule is Cc1nccc(OC2CCCN(C(=O)C3CCN(S(C)(=O)=O)CC3)C2)n1. The maximum Gasteiger partial charge on any atom is 0.225 e. The Labute approximate surface area is 154 Å². The Morgan fingerprint density at radius 1 is 1.23 bits per heavy atom. The zero-order valence-corrected chi connectivity index (χ0v) is 16.1. The number of carbonyl (C=O) groups is 1. The lowest BCUT2D eigenvalue weighted by Crippen LogP contribution is -2.49. The van der Waals surface area contributed by atoms with E-state index >= 15 is 0 Å². The van der Waals surface area contributed by atoms with Crippen molar-refractivity contribution in [3.63, 3.8) is 0 Å². The molecule has 2 saturated heterocycles. The normalized spacial score (nSPS) is 23.0. The lowest BCUT2D eigenvalue weighted by atomic mass is 9.95. The molecule has 0 saturated carbocycles. The van der Waals surface area contributed by atoms with E-state index in [0.29, 0.717) is 44.2 Å². The van der Waals surface area contributed by atoms with Crippen molar-refractivity contribution >= 4 is 15.9 Å². The first-order chi connectivity index (χ1) is 12.3. The summed E-state index contributed by atoms with van der Waals surface area (Å²) in [5.41, 5.74) is 0. The number of piperidine rings is 2. The number of hydrogen-bond acceptors (Lipinski definition) is 6. The maximum atomic E-state index is 12.8. The van der Waals surface area contributed by atoms with Crippen molar-refractivity contribution in [3.8, 4) is 5.88 Å². The summed E-state index contributed by atoms with van der Waals surface area (Å²) in [7, 11) is -3.17. The van der Waals surface area contributed by atoms with Gasteiger partial charge in [0.1, 0.15) is 11.9 Å². The molecule has 1 aromatic rings. The van der Waals surface area contributed by atoms with E-state index in [9.17, 15) is 13.2 Å². The Hall–Kier alpha value is -1.74. The number of rotatable bonds is 4. The van der Waals surface area contributed by atoms with Crippen LogP contribution in [0.2, 0.25) is 0 Å². The van der Waals surface area contributed by atoms with Crippen molar-refractivity contribution in [1.29, 1.82) is 0 Å².